The van der Waals surface area contributed by atoms with Gasteiger partial charge in [-0.2, -0.15) is 0 Å². The largest absolute Gasteiger partial charge is 0.322 e. The highest BCUT2D eigenvalue weighted by Crippen LogP contribution is 2.24. The van der Waals surface area contributed by atoms with Crippen LogP contribution in [0.5, 0.6) is 0 Å². The van der Waals surface area contributed by atoms with Crippen LogP contribution in [0.3, 0.4) is 0 Å². The quantitative estimate of drug-likeness (QED) is 0.756. The fourth-order valence-electron chi connectivity index (χ4n) is 2.31. The normalized spacial score (nSPS) is 10.8. The molecule has 4 nitrogen and oxygen atoms in total. The summed E-state index contributed by atoms with van der Waals surface area (Å²) in [5, 5.41) is 3.51. The molecule has 3 rings (SSSR count). The fraction of sp³-hybridized carbons (Fsp3) is 0.167. The second-order valence-electron chi connectivity index (χ2n) is 5.46. The number of carbonyl (C=O) groups excluding carboxylic acids is 1. The monoisotopic (exact) mass is 325 g/mol. The zero-order chi connectivity index (χ0) is 16.6. The summed E-state index contributed by atoms with van der Waals surface area (Å²) in [5.41, 5.74) is 5.33. The van der Waals surface area contributed by atoms with E-state index in [1.807, 2.05) is 39.0 Å². The van der Waals surface area contributed by atoms with Crippen LogP contribution in [0.15, 0.2) is 36.4 Å². The van der Waals surface area contributed by atoms with Crippen molar-refractivity contribution in [1.82, 2.24) is 9.97 Å². The van der Waals surface area contributed by atoms with Gasteiger partial charge in [0, 0.05) is 16.3 Å². The average molecular weight is 326 g/mol. The SMILES string of the molecule is Cc1nc2ccc(C(=O)Nc3cccc(Cl)c3C)cc2nc1C. The molecule has 0 bridgehead atoms. The first kappa shape index (κ1) is 15.4. The van der Waals surface area contributed by atoms with Crippen molar-refractivity contribution >= 4 is 34.2 Å². The zero-order valence-electron chi connectivity index (χ0n) is 13.1. The molecule has 0 fully saturated rings. The predicted octanol–water partition coefficient (Wildman–Crippen LogP) is 4.46. The molecule has 1 aromatic heterocycles. The van der Waals surface area contributed by atoms with E-state index >= 15 is 0 Å². The smallest absolute Gasteiger partial charge is 0.255 e. The lowest BCUT2D eigenvalue weighted by Gasteiger charge is -2.10. The van der Waals surface area contributed by atoms with Gasteiger partial charge in [0.15, 0.2) is 0 Å². The van der Waals surface area contributed by atoms with Crippen molar-refractivity contribution in [3.63, 3.8) is 0 Å². The maximum atomic E-state index is 12.5. The van der Waals surface area contributed by atoms with Crippen molar-refractivity contribution in [1.29, 1.82) is 0 Å². The van der Waals surface area contributed by atoms with Gasteiger partial charge in [-0.05, 0) is 56.7 Å². The van der Waals surface area contributed by atoms with Gasteiger partial charge in [-0.15, -0.1) is 0 Å². The lowest BCUT2D eigenvalue weighted by molar-refractivity contribution is 0.102. The van der Waals surface area contributed by atoms with E-state index in [9.17, 15) is 4.79 Å². The van der Waals surface area contributed by atoms with E-state index in [4.69, 9.17) is 11.6 Å². The van der Waals surface area contributed by atoms with E-state index in [1.54, 1.807) is 18.2 Å². The Morgan fingerprint density at radius 2 is 1.70 bits per heavy atom. The van der Waals surface area contributed by atoms with Gasteiger partial charge >= 0.3 is 0 Å². The minimum absolute atomic E-state index is 0.197. The second kappa shape index (κ2) is 5.97. The standard InChI is InChI=1S/C18H16ClN3O/c1-10-14(19)5-4-6-15(10)22-18(23)13-7-8-16-17(9-13)21-12(3)11(2)20-16/h4-9H,1-3H3,(H,22,23). The molecule has 1 heterocycles. The molecule has 5 heteroatoms. The van der Waals surface area contributed by atoms with Gasteiger partial charge in [-0.1, -0.05) is 17.7 Å². The Hall–Kier alpha value is -2.46. The summed E-state index contributed by atoms with van der Waals surface area (Å²) in [6.45, 7) is 5.70. The molecule has 116 valence electrons. The highest BCUT2D eigenvalue weighted by atomic mass is 35.5. The Balaban J connectivity index is 1.94. The number of hydrogen-bond acceptors (Lipinski definition) is 3. The van der Waals surface area contributed by atoms with Crippen molar-refractivity contribution in [2.24, 2.45) is 0 Å². The minimum atomic E-state index is -0.197. The first-order valence-electron chi connectivity index (χ1n) is 7.27. The Bertz CT molecular complexity index is 922. The molecule has 3 aromatic rings. The van der Waals surface area contributed by atoms with Gasteiger partial charge in [-0.25, -0.2) is 9.97 Å². The summed E-state index contributed by atoms with van der Waals surface area (Å²) in [4.78, 5) is 21.4. The van der Waals surface area contributed by atoms with Crippen molar-refractivity contribution in [3.8, 4) is 0 Å². The van der Waals surface area contributed by atoms with E-state index in [0.717, 1.165) is 22.5 Å². The van der Waals surface area contributed by atoms with E-state index in [1.165, 1.54) is 0 Å². The van der Waals surface area contributed by atoms with Crippen LogP contribution in [0.4, 0.5) is 5.69 Å². The highest BCUT2D eigenvalue weighted by molar-refractivity contribution is 6.31. The summed E-state index contributed by atoms with van der Waals surface area (Å²) in [7, 11) is 0. The molecular formula is C18H16ClN3O. The molecule has 0 aliphatic carbocycles. The third-order valence-corrected chi connectivity index (χ3v) is 4.26. The summed E-state index contributed by atoms with van der Waals surface area (Å²) in [6, 6.07) is 10.7. The third kappa shape index (κ3) is 3.03. The number of hydrogen-bond donors (Lipinski definition) is 1. The summed E-state index contributed by atoms with van der Waals surface area (Å²) in [6.07, 6.45) is 0. The number of benzene rings is 2. The average Bonchev–Trinajstić information content (AvgIpc) is 2.52. The Labute approximate surface area is 139 Å². The third-order valence-electron chi connectivity index (χ3n) is 3.85. The molecule has 0 spiro atoms. The summed E-state index contributed by atoms with van der Waals surface area (Å²) >= 11 is 6.08. The van der Waals surface area contributed by atoms with Crippen LogP contribution in [-0.2, 0) is 0 Å². The first-order chi connectivity index (χ1) is 11.0. The summed E-state index contributed by atoms with van der Waals surface area (Å²) in [5.74, 6) is -0.197. The molecule has 1 N–H and O–H groups in total. The lowest BCUT2D eigenvalue weighted by Crippen LogP contribution is -2.13. The van der Waals surface area contributed by atoms with Crippen LogP contribution in [-0.4, -0.2) is 15.9 Å². The van der Waals surface area contributed by atoms with Crippen molar-refractivity contribution < 1.29 is 4.79 Å². The van der Waals surface area contributed by atoms with E-state index in [0.29, 0.717) is 21.8 Å². The fourth-order valence-corrected chi connectivity index (χ4v) is 2.48. The molecule has 0 aliphatic rings. The Kier molecular flexibility index (Phi) is 4.01. The maximum Gasteiger partial charge on any atom is 0.255 e. The number of aromatic nitrogens is 2. The Morgan fingerprint density at radius 3 is 2.43 bits per heavy atom. The molecule has 0 atom stereocenters. The van der Waals surface area contributed by atoms with Gasteiger partial charge in [0.2, 0.25) is 0 Å². The van der Waals surface area contributed by atoms with E-state index in [2.05, 4.69) is 15.3 Å². The van der Waals surface area contributed by atoms with Crippen LogP contribution >= 0.6 is 11.6 Å². The number of anilines is 1. The molecule has 23 heavy (non-hydrogen) atoms. The van der Waals surface area contributed by atoms with Crippen molar-refractivity contribution in [2.45, 2.75) is 20.8 Å². The number of aryl methyl sites for hydroxylation is 2. The zero-order valence-corrected chi connectivity index (χ0v) is 13.9. The van der Waals surface area contributed by atoms with Crippen LogP contribution in [0, 0.1) is 20.8 Å². The van der Waals surface area contributed by atoms with Gasteiger partial charge in [0.1, 0.15) is 0 Å². The number of fused-ring (bicyclic) bond motifs is 1. The molecule has 1 amide bonds. The van der Waals surface area contributed by atoms with Crippen LogP contribution in [0.2, 0.25) is 5.02 Å². The van der Waals surface area contributed by atoms with Gasteiger partial charge in [0.25, 0.3) is 5.91 Å². The number of amides is 1. The number of halogens is 1. The maximum absolute atomic E-state index is 12.5. The number of rotatable bonds is 2. The molecule has 0 saturated heterocycles. The molecule has 0 saturated carbocycles. The second-order valence-corrected chi connectivity index (χ2v) is 5.87. The van der Waals surface area contributed by atoms with Crippen LogP contribution in [0.1, 0.15) is 27.3 Å². The topological polar surface area (TPSA) is 54.9 Å². The molecule has 2 aromatic carbocycles. The summed E-state index contributed by atoms with van der Waals surface area (Å²) < 4.78 is 0. The van der Waals surface area contributed by atoms with Gasteiger partial charge in [0.05, 0.1) is 22.4 Å². The highest BCUT2D eigenvalue weighted by Gasteiger charge is 2.11. The first-order valence-corrected chi connectivity index (χ1v) is 7.65. The Morgan fingerprint density at radius 1 is 1.00 bits per heavy atom. The number of carbonyl (C=O) groups is 1. The molecule has 0 unspecified atom stereocenters. The van der Waals surface area contributed by atoms with Crippen LogP contribution < -0.4 is 5.32 Å². The predicted molar refractivity (Wildman–Crippen MR) is 93.2 cm³/mol. The van der Waals surface area contributed by atoms with E-state index in [-0.39, 0.29) is 5.91 Å². The molecular weight excluding hydrogens is 310 g/mol. The minimum Gasteiger partial charge on any atom is -0.322 e. The van der Waals surface area contributed by atoms with Crippen molar-refractivity contribution in [2.75, 3.05) is 5.32 Å². The van der Waals surface area contributed by atoms with Gasteiger partial charge in [-0.3, -0.25) is 4.79 Å². The van der Waals surface area contributed by atoms with Crippen molar-refractivity contribution in [3.05, 3.63) is 63.9 Å². The number of nitrogens with one attached hydrogen (secondary N) is 1. The lowest BCUT2D eigenvalue weighted by atomic mass is 10.1. The van der Waals surface area contributed by atoms with E-state index < -0.39 is 0 Å². The van der Waals surface area contributed by atoms with Gasteiger partial charge < -0.3 is 5.32 Å². The molecule has 0 aliphatic heterocycles. The molecule has 0 radical (unpaired) electrons. The van der Waals surface area contributed by atoms with Crippen LogP contribution in [0.25, 0.3) is 11.0 Å². The number of nitrogens with zero attached hydrogens (tertiary/aromatic N) is 2.